The number of hydrogen-bond donors (Lipinski definition) is 1. The Hall–Kier alpha value is -3.09. The van der Waals surface area contributed by atoms with Gasteiger partial charge in [0.25, 0.3) is 5.91 Å². The van der Waals surface area contributed by atoms with Crippen molar-refractivity contribution in [2.24, 2.45) is 0 Å². The van der Waals surface area contributed by atoms with Crippen molar-refractivity contribution >= 4 is 5.91 Å². The highest BCUT2D eigenvalue weighted by Gasteiger charge is 2.27. The van der Waals surface area contributed by atoms with Crippen LogP contribution >= 0.6 is 0 Å². The third-order valence-electron chi connectivity index (χ3n) is 4.72. The fourth-order valence-corrected chi connectivity index (χ4v) is 3.40. The summed E-state index contributed by atoms with van der Waals surface area (Å²) in [4.78, 5) is 16.7. The summed E-state index contributed by atoms with van der Waals surface area (Å²) in [6, 6.07) is 7.45. The summed E-state index contributed by atoms with van der Waals surface area (Å²) in [7, 11) is 0. The van der Waals surface area contributed by atoms with Crippen LogP contribution in [0.25, 0.3) is 5.69 Å². The average Bonchev–Trinajstić information content (AvgIpc) is 3.27. The molecule has 0 bridgehead atoms. The van der Waals surface area contributed by atoms with Gasteiger partial charge in [-0.1, -0.05) is 6.07 Å². The molecular weight excluding hydrogens is 350 g/mol. The molecule has 0 fully saturated rings. The number of rotatable bonds is 5. The van der Waals surface area contributed by atoms with Gasteiger partial charge in [0.1, 0.15) is 0 Å². The maximum Gasteiger partial charge on any atom is 0.272 e. The van der Waals surface area contributed by atoms with Crippen LogP contribution in [-0.4, -0.2) is 27.2 Å². The SMILES string of the molecule is O=C(NCCc1cccnc1)c1nn(-c2ccc(F)c(F)c2)c2c1CCC2. The Morgan fingerprint density at radius 2 is 2.07 bits per heavy atom. The third-order valence-corrected chi connectivity index (χ3v) is 4.72. The smallest absolute Gasteiger partial charge is 0.272 e. The van der Waals surface area contributed by atoms with Gasteiger partial charge in [-0.05, 0) is 49.4 Å². The molecule has 1 aliphatic carbocycles. The molecule has 27 heavy (non-hydrogen) atoms. The number of halogens is 2. The predicted octanol–water partition coefficient (Wildman–Crippen LogP) is 3.01. The van der Waals surface area contributed by atoms with Crippen molar-refractivity contribution in [2.45, 2.75) is 25.7 Å². The number of fused-ring (bicyclic) bond motifs is 1. The molecule has 138 valence electrons. The molecule has 7 heteroatoms. The molecule has 1 N–H and O–H groups in total. The van der Waals surface area contributed by atoms with E-state index in [1.807, 2.05) is 12.1 Å². The summed E-state index contributed by atoms with van der Waals surface area (Å²) in [5.41, 5.74) is 3.59. The van der Waals surface area contributed by atoms with Crippen LogP contribution in [0.4, 0.5) is 8.78 Å². The number of hydrogen-bond acceptors (Lipinski definition) is 3. The first-order valence-electron chi connectivity index (χ1n) is 8.87. The first-order valence-corrected chi connectivity index (χ1v) is 8.87. The van der Waals surface area contributed by atoms with Crippen molar-refractivity contribution < 1.29 is 13.6 Å². The normalized spacial score (nSPS) is 12.8. The van der Waals surface area contributed by atoms with Crippen molar-refractivity contribution in [2.75, 3.05) is 6.54 Å². The van der Waals surface area contributed by atoms with Gasteiger partial charge < -0.3 is 5.32 Å². The van der Waals surface area contributed by atoms with Gasteiger partial charge in [0.05, 0.1) is 5.69 Å². The summed E-state index contributed by atoms with van der Waals surface area (Å²) in [5.74, 6) is -2.09. The zero-order valence-electron chi connectivity index (χ0n) is 14.6. The zero-order valence-corrected chi connectivity index (χ0v) is 14.6. The minimum Gasteiger partial charge on any atom is -0.350 e. The number of benzene rings is 1. The van der Waals surface area contributed by atoms with Crippen molar-refractivity contribution in [1.82, 2.24) is 20.1 Å². The third kappa shape index (κ3) is 3.45. The van der Waals surface area contributed by atoms with Gasteiger partial charge in [-0.25, -0.2) is 13.5 Å². The number of pyridine rings is 1. The van der Waals surface area contributed by atoms with Crippen molar-refractivity contribution in [1.29, 1.82) is 0 Å². The summed E-state index contributed by atoms with van der Waals surface area (Å²) in [5, 5.41) is 7.29. The van der Waals surface area contributed by atoms with E-state index in [1.165, 1.54) is 6.07 Å². The monoisotopic (exact) mass is 368 g/mol. The number of aromatic nitrogens is 3. The Kier molecular flexibility index (Phi) is 4.66. The molecule has 0 radical (unpaired) electrons. The number of nitrogens with zero attached hydrogens (tertiary/aromatic N) is 3. The van der Waals surface area contributed by atoms with Crippen LogP contribution in [0.1, 0.15) is 33.7 Å². The molecule has 0 atom stereocenters. The Balaban J connectivity index is 1.54. The second kappa shape index (κ2) is 7.26. The van der Waals surface area contributed by atoms with E-state index >= 15 is 0 Å². The van der Waals surface area contributed by atoms with E-state index in [-0.39, 0.29) is 5.91 Å². The lowest BCUT2D eigenvalue weighted by Crippen LogP contribution is -2.27. The molecule has 4 rings (SSSR count). The van der Waals surface area contributed by atoms with E-state index in [0.29, 0.717) is 24.3 Å². The van der Waals surface area contributed by atoms with Crippen LogP contribution < -0.4 is 5.32 Å². The molecular formula is C20H18F2N4O. The lowest BCUT2D eigenvalue weighted by atomic mass is 10.2. The summed E-state index contributed by atoms with van der Waals surface area (Å²) in [6.45, 7) is 0.470. The Morgan fingerprint density at radius 1 is 1.19 bits per heavy atom. The van der Waals surface area contributed by atoms with Gasteiger partial charge in [0, 0.05) is 36.3 Å². The molecule has 3 aromatic rings. The van der Waals surface area contributed by atoms with E-state index < -0.39 is 11.6 Å². The molecule has 2 aromatic heterocycles. The molecule has 0 aliphatic heterocycles. The maximum absolute atomic E-state index is 13.6. The van der Waals surface area contributed by atoms with Crippen LogP contribution in [-0.2, 0) is 19.3 Å². The number of amides is 1. The molecule has 1 aromatic carbocycles. The van der Waals surface area contributed by atoms with Gasteiger partial charge in [-0.15, -0.1) is 0 Å². The standard InChI is InChI=1S/C20H18F2N4O/c21-16-7-6-14(11-17(16)22)26-18-5-1-4-15(18)19(25-26)20(27)24-10-8-13-3-2-9-23-12-13/h2-3,6-7,9,11-12H,1,4-5,8,10H2,(H,24,27). The number of carbonyl (C=O) groups is 1. The van der Waals surface area contributed by atoms with E-state index in [9.17, 15) is 13.6 Å². The Morgan fingerprint density at radius 3 is 2.85 bits per heavy atom. The topological polar surface area (TPSA) is 59.8 Å². The van der Waals surface area contributed by atoms with Crippen molar-refractivity contribution in [3.8, 4) is 5.69 Å². The quantitative estimate of drug-likeness (QED) is 0.753. The highest BCUT2D eigenvalue weighted by atomic mass is 19.2. The first kappa shape index (κ1) is 17.3. The van der Waals surface area contributed by atoms with Gasteiger partial charge in [-0.3, -0.25) is 9.78 Å². The fourth-order valence-electron chi connectivity index (χ4n) is 3.40. The Bertz CT molecular complexity index is 985. The minimum absolute atomic E-state index is 0.252. The predicted molar refractivity (Wildman–Crippen MR) is 95.8 cm³/mol. The molecule has 1 aliphatic rings. The summed E-state index contributed by atoms with van der Waals surface area (Å²) >= 11 is 0. The molecule has 0 saturated heterocycles. The van der Waals surface area contributed by atoms with Crippen LogP contribution in [0, 0.1) is 11.6 Å². The molecule has 0 unspecified atom stereocenters. The van der Waals surface area contributed by atoms with Gasteiger partial charge in [0.15, 0.2) is 17.3 Å². The summed E-state index contributed by atoms with van der Waals surface area (Å²) < 4.78 is 28.4. The number of nitrogens with one attached hydrogen (secondary N) is 1. The average molecular weight is 368 g/mol. The van der Waals surface area contributed by atoms with Gasteiger partial charge in [-0.2, -0.15) is 5.10 Å². The second-order valence-corrected chi connectivity index (χ2v) is 6.50. The molecule has 1 amide bonds. The molecule has 0 spiro atoms. The van der Waals surface area contributed by atoms with E-state index in [2.05, 4.69) is 15.4 Å². The molecule has 2 heterocycles. The van der Waals surface area contributed by atoms with E-state index in [1.54, 1.807) is 17.1 Å². The first-order chi connectivity index (χ1) is 13.1. The zero-order chi connectivity index (χ0) is 18.8. The van der Waals surface area contributed by atoms with Gasteiger partial charge in [0.2, 0.25) is 0 Å². The highest BCUT2D eigenvalue weighted by Crippen LogP contribution is 2.28. The van der Waals surface area contributed by atoms with Crippen molar-refractivity contribution in [3.05, 3.63) is 76.9 Å². The maximum atomic E-state index is 13.6. The largest absolute Gasteiger partial charge is 0.350 e. The van der Waals surface area contributed by atoms with Crippen LogP contribution in [0.2, 0.25) is 0 Å². The second-order valence-electron chi connectivity index (χ2n) is 6.50. The van der Waals surface area contributed by atoms with Crippen LogP contribution in [0.3, 0.4) is 0 Å². The lowest BCUT2D eigenvalue weighted by Gasteiger charge is -2.06. The van der Waals surface area contributed by atoms with Crippen LogP contribution in [0.5, 0.6) is 0 Å². The molecule has 0 saturated carbocycles. The van der Waals surface area contributed by atoms with E-state index in [0.717, 1.165) is 48.2 Å². The Labute approximate surface area is 155 Å². The highest BCUT2D eigenvalue weighted by molar-refractivity contribution is 5.94. The van der Waals surface area contributed by atoms with Crippen LogP contribution in [0.15, 0.2) is 42.7 Å². The van der Waals surface area contributed by atoms with E-state index in [4.69, 9.17) is 0 Å². The van der Waals surface area contributed by atoms with Crippen molar-refractivity contribution in [3.63, 3.8) is 0 Å². The number of carbonyl (C=O) groups excluding carboxylic acids is 1. The van der Waals surface area contributed by atoms with Gasteiger partial charge >= 0.3 is 0 Å². The minimum atomic E-state index is -0.933. The fraction of sp³-hybridized carbons (Fsp3) is 0.250. The lowest BCUT2D eigenvalue weighted by molar-refractivity contribution is 0.0948. The molecule has 5 nitrogen and oxygen atoms in total. The summed E-state index contributed by atoms with van der Waals surface area (Å²) in [6.07, 6.45) is 6.56.